The van der Waals surface area contributed by atoms with Crippen LogP contribution in [0.15, 0.2) is 28.3 Å². The molecule has 2 aromatic heterocycles. The van der Waals surface area contributed by atoms with Gasteiger partial charge in [0.05, 0.1) is 52.4 Å². The molecule has 4 heterocycles. The minimum atomic E-state index is -4.19. The third-order valence-electron chi connectivity index (χ3n) is 6.45. The van der Waals surface area contributed by atoms with Crippen LogP contribution in [0.3, 0.4) is 0 Å². The number of ether oxygens (including phenoxy) is 5. The molecule has 2 saturated heterocycles. The highest BCUT2D eigenvalue weighted by molar-refractivity contribution is 7.93. The van der Waals surface area contributed by atoms with Gasteiger partial charge in [-0.25, -0.2) is 22.8 Å². The number of piperidine rings is 1. The van der Waals surface area contributed by atoms with Crippen molar-refractivity contribution in [2.45, 2.75) is 50.8 Å². The van der Waals surface area contributed by atoms with Crippen LogP contribution in [0.4, 0.5) is 10.3 Å². The fourth-order valence-electron chi connectivity index (χ4n) is 4.73. The zero-order valence-electron chi connectivity index (χ0n) is 24.6. The predicted molar refractivity (Wildman–Crippen MR) is 154 cm³/mol. The van der Waals surface area contributed by atoms with Gasteiger partial charge in [-0.3, -0.25) is 9.29 Å². The first kappa shape index (κ1) is 32.2. The molecule has 0 aliphatic carbocycles. The monoisotopic (exact) mass is 625 g/mol. The summed E-state index contributed by atoms with van der Waals surface area (Å²) < 4.78 is 73.7. The Morgan fingerprint density at radius 2 is 1.93 bits per heavy atom. The average molecular weight is 626 g/mol. The molecule has 236 valence electrons. The number of allylic oxidation sites excluding steroid dienone is 1. The third kappa shape index (κ3) is 7.62. The molecule has 2 fully saturated rings. The van der Waals surface area contributed by atoms with E-state index in [2.05, 4.69) is 41.6 Å². The summed E-state index contributed by atoms with van der Waals surface area (Å²) >= 11 is 0. The van der Waals surface area contributed by atoms with Crippen molar-refractivity contribution in [1.82, 2.24) is 29.6 Å². The van der Waals surface area contributed by atoms with Crippen molar-refractivity contribution in [3.05, 3.63) is 24.2 Å². The van der Waals surface area contributed by atoms with E-state index in [9.17, 15) is 12.8 Å². The highest BCUT2D eigenvalue weighted by Crippen LogP contribution is 2.35. The van der Waals surface area contributed by atoms with E-state index in [0.717, 1.165) is 6.20 Å². The molecule has 0 unspecified atom stereocenters. The molecule has 4 rings (SSSR count). The molecule has 0 aromatic carbocycles. The summed E-state index contributed by atoms with van der Waals surface area (Å²) in [6, 6.07) is 0. The van der Waals surface area contributed by atoms with Gasteiger partial charge in [0.25, 0.3) is 0 Å². The number of nitrogens with zero attached hydrogens (tertiary/aromatic N) is 8. The number of sulfonamides is 1. The quantitative estimate of drug-likeness (QED) is 0.299. The highest BCUT2D eigenvalue weighted by atomic mass is 32.2. The fourth-order valence-corrected chi connectivity index (χ4v) is 6.12. The maximum absolute atomic E-state index is 14.0. The summed E-state index contributed by atoms with van der Waals surface area (Å²) in [5.41, 5.74) is 0.157. The Morgan fingerprint density at radius 3 is 2.51 bits per heavy atom. The van der Waals surface area contributed by atoms with Crippen molar-refractivity contribution in [2.75, 3.05) is 51.9 Å². The Morgan fingerprint density at radius 1 is 1.21 bits per heavy atom. The Hall–Kier alpha value is -3.74. The van der Waals surface area contributed by atoms with E-state index in [1.54, 1.807) is 4.90 Å². The lowest BCUT2D eigenvalue weighted by Crippen LogP contribution is -2.52. The smallest absolute Gasteiger partial charge is 0.245 e. The summed E-state index contributed by atoms with van der Waals surface area (Å²) in [5.74, 6) is -0.293. The zero-order chi connectivity index (χ0) is 31.1. The average Bonchev–Trinajstić information content (AvgIpc) is 3.39. The van der Waals surface area contributed by atoms with Crippen LogP contribution in [0.25, 0.3) is 5.69 Å². The largest absolute Gasteiger partial charge is 0.479 e. The maximum Gasteiger partial charge on any atom is 0.245 e. The summed E-state index contributed by atoms with van der Waals surface area (Å²) in [5, 5.41) is 7.37. The van der Waals surface area contributed by atoms with Crippen LogP contribution in [-0.2, 0) is 24.2 Å². The van der Waals surface area contributed by atoms with Gasteiger partial charge in [-0.15, -0.1) is 10.2 Å². The van der Waals surface area contributed by atoms with E-state index >= 15 is 0 Å². The Bertz CT molecular complexity index is 1420. The summed E-state index contributed by atoms with van der Waals surface area (Å²) in [4.78, 5) is 17.8. The van der Waals surface area contributed by atoms with Crippen LogP contribution in [0, 0.1) is 0 Å². The third-order valence-corrected chi connectivity index (χ3v) is 8.14. The Kier molecular flexibility index (Phi) is 10.6. The molecule has 18 heteroatoms. The first-order valence-corrected chi connectivity index (χ1v) is 15.0. The molecule has 2 aliphatic rings. The molecule has 1 N–H and O–H groups in total. The van der Waals surface area contributed by atoms with E-state index < -0.39 is 33.3 Å². The topological polar surface area (TPSA) is 177 Å². The van der Waals surface area contributed by atoms with Gasteiger partial charge in [0.15, 0.2) is 11.5 Å². The molecule has 2 aliphatic heterocycles. The van der Waals surface area contributed by atoms with Crippen molar-refractivity contribution in [2.24, 2.45) is 9.98 Å². The molecule has 2 aromatic rings. The Balaban J connectivity index is 1.76. The van der Waals surface area contributed by atoms with E-state index in [1.165, 1.54) is 32.0 Å². The second-order valence-corrected chi connectivity index (χ2v) is 11.9. The number of anilines is 1. The Labute approximate surface area is 249 Å². The molecule has 0 amide bonds. The normalized spacial score (nSPS) is 22.0. The zero-order valence-corrected chi connectivity index (χ0v) is 25.5. The van der Waals surface area contributed by atoms with Crippen LogP contribution < -0.4 is 14.2 Å². The molecule has 43 heavy (non-hydrogen) atoms. The van der Waals surface area contributed by atoms with Crippen LogP contribution in [0.1, 0.15) is 39.1 Å². The standard InChI is InChI=1S/C25H36FN9O7S/c1-15(2)42-17-9-18(12-34(11-17)24(27-4)28-10-16(3)26)43(36,37)33-25-32-31-21(19-13-40-7-8-41-19)35(25)20-22(38-5)29-14-30-23(20)39-6/h10,14-15,17-19H,4,7-9,11-13H2,1-3,5-6H3,(H,32,33)/b16-10+,28-24?/t17-,18+,19+/m0/s1. The highest BCUT2D eigenvalue weighted by Gasteiger charge is 2.39. The fraction of sp³-hybridized carbons (Fsp3) is 0.600. The van der Waals surface area contributed by atoms with Crippen molar-refractivity contribution < 1.29 is 36.5 Å². The van der Waals surface area contributed by atoms with E-state index in [-0.39, 0.29) is 67.4 Å². The number of nitrogens with one attached hydrogen (secondary N) is 1. The van der Waals surface area contributed by atoms with Gasteiger partial charge in [-0.2, -0.15) is 9.97 Å². The van der Waals surface area contributed by atoms with Gasteiger partial charge >= 0.3 is 0 Å². The maximum atomic E-state index is 14.0. The minimum Gasteiger partial charge on any atom is -0.479 e. The van der Waals surface area contributed by atoms with Gasteiger partial charge in [0, 0.05) is 13.1 Å². The molecule has 0 radical (unpaired) electrons. The number of hydrogen-bond acceptors (Lipinski definition) is 12. The first-order chi connectivity index (χ1) is 20.6. The molecule has 0 bridgehead atoms. The number of aliphatic imine (C=N–C) groups is 2. The van der Waals surface area contributed by atoms with Crippen LogP contribution in [0.5, 0.6) is 11.8 Å². The number of guanidine groups is 1. The van der Waals surface area contributed by atoms with Crippen molar-refractivity contribution in [3.63, 3.8) is 0 Å². The number of likely N-dealkylation sites (tertiary alicyclic amines) is 1. The van der Waals surface area contributed by atoms with Gasteiger partial charge in [-0.05, 0) is 33.9 Å². The van der Waals surface area contributed by atoms with Crippen molar-refractivity contribution >= 4 is 28.6 Å². The SMILES string of the molecule is C=NC(=N/C=C(\C)F)N1C[C@@H](OC(C)C)C[C@@H](S(=O)(=O)Nc2nnc([C@H]3COCCO3)n2-c2c(OC)ncnc2OC)C1. The number of rotatable bonds is 10. The molecular formula is C25H36FN9O7S. The lowest BCUT2D eigenvalue weighted by molar-refractivity contribution is -0.0941. The van der Waals surface area contributed by atoms with Crippen LogP contribution in [-0.4, -0.2) is 115 Å². The minimum absolute atomic E-state index is 0.0357. The van der Waals surface area contributed by atoms with Gasteiger partial charge in [-0.1, -0.05) is 0 Å². The molecule has 3 atom stereocenters. The summed E-state index contributed by atoms with van der Waals surface area (Å²) in [6.07, 6.45) is 0.992. The van der Waals surface area contributed by atoms with Gasteiger partial charge < -0.3 is 28.6 Å². The molecule has 0 spiro atoms. The lowest BCUT2D eigenvalue weighted by atomic mass is 10.1. The van der Waals surface area contributed by atoms with E-state index in [4.69, 9.17) is 23.7 Å². The van der Waals surface area contributed by atoms with E-state index in [1.807, 2.05) is 13.8 Å². The molecule has 0 saturated carbocycles. The van der Waals surface area contributed by atoms with Gasteiger partial charge in [0.2, 0.25) is 33.7 Å². The van der Waals surface area contributed by atoms with Crippen LogP contribution in [0.2, 0.25) is 0 Å². The molecular weight excluding hydrogens is 589 g/mol. The first-order valence-electron chi connectivity index (χ1n) is 13.4. The summed E-state index contributed by atoms with van der Waals surface area (Å²) in [6.45, 7) is 9.54. The number of aromatic nitrogens is 5. The molecule has 16 nitrogen and oxygen atoms in total. The lowest BCUT2D eigenvalue weighted by Gasteiger charge is -2.38. The number of hydrogen-bond donors (Lipinski definition) is 1. The van der Waals surface area contributed by atoms with Crippen LogP contribution >= 0.6 is 0 Å². The van der Waals surface area contributed by atoms with E-state index in [0.29, 0.717) is 13.2 Å². The van der Waals surface area contributed by atoms with Gasteiger partial charge in [0.1, 0.15) is 23.5 Å². The van der Waals surface area contributed by atoms with Crippen molar-refractivity contribution in [3.8, 4) is 17.4 Å². The predicted octanol–water partition coefficient (Wildman–Crippen LogP) is 1.66. The second kappa shape index (κ2) is 14.2. The second-order valence-electron chi connectivity index (χ2n) is 9.91. The van der Waals surface area contributed by atoms with Crippen molar-refractivity contribution in [1.29, 1.82) is 0 Å². The number of methoxy groups -OCH3 is 2. The number of halogens is 1. The summed E-state index contributed by atoms with van der Waals surface area (Å²) in [7, 11) is -1.39.